The zero-order chi connectivity index (χ0) is 11.5. The van der Waals surface area contributed by atoms with Crippen molar-refractivity contribution in [3.8, 4) is 0 Å². The average molecular weight is 228 g/mol. The van der Waals surface area contributed by atoms with Crippen LogP contribution >= 0.6 is 0 Å². The van der Waals surface area contributed by atoms with Gasteiger partial charge in [0.25, 0.3) is 0 Å². The van der Waals surface area contributed by atoms with Crippen molar-refractivity contribution >= 4 is 0 Å². The third-order valence-corrected chi connectivity index (χ3v) is 2.30. The highest BCUT2D eigenvalue weighted by molar-refractivity contribution is 4.83. The Morgan fingerprint density at radius 1 is 1.33 bits per heavy atom. The molecule has 0 saturated heterocycles. The Balaban J connectivity index is 2.11. The molecule has 1 rings (SSSR count). The van der Waals surface area contributed by atoms with Crippen molar-refractivity contribution in [1.29, 1.82) is 0 Å². The molecule has 1 saturated carbocycles. The highest BCUT2D eigenvalue weighted by Crippen LogP contribution is 2.21. The van der Waals surface area contributed by atoms with Crippen molar-refractivity contribution in [2.24, 2.45) is 0 Å². The fourth-order valence-corrected chi connectivity index (χ4v) is 1.09. The first-order valence-corrected chi connectivity index (χ1v) is 5.04. The first-order chi connectivity index (χ1) is 6.92. The Morgan fingerprint density at radius 2 is 1.93 bits per heavy atom. The lowest BCUT2D eigenvalue weighted by molar-refractivity contribution is -0.126. The first-order valence-electron chi connectivity index (χ1n) is 5.04. The molecule has 90 valence electrons. The van der Waals surface area contributed by atoms with Crippen LogP contribution in [0.3, 0.4) is 0 Å². The van der Waals surface area contributed by atoms with Crippen LogP contribution in [0.2, 0.25) is 0 Å². The lowest BCUT2D eigenvalue weighted by Gasteiger charge is -2.20. The summed E-state index contributed by atoms with van der Waals surface area (Å²) in [6.07, 6.45) is -1.38. The van der Waals surface area contributed by atoms with E-state index in [1.165, 1.54) is 0 Å². The molecule has 2 nitrogen and oxygen atoms in total. The second-order valence-corrected chi connectivity index (χ2v) is 4.03. The molecule has 1 atom stereocenters. The standard InChI is InChI=1S/C9H16F4N2/c1-6(4-14-7-2-3-7)15-5-9(12,13)8(10)11/h6-8,14-15H,2-5H2,1H3. The van der Waals surface area contributed by atoms with Crippen LogP contribution in [-0.2, 0) is 0 Å². The van der Waals surface area contributed by atoms with Gasteiger partial charge in [-0.05, 0) is 19.8 Å². The fourth-order valence-electron chi connectivity index (χ4n) is 1.09. The Hall–Kier alpha value is -0.360. The number of halogens is 4. The van der Waals surface area contributed by atoms with Crippen molar-refractivity contribution in [2.45, 2.75) is 44.2 Å². The van der Waals surface area contributed by atoms with E-state index in [-0.39, 0.29) is 6.04 Å². The van der Waals surface area contributed by atoms with Crippen LogP contribution in [-0.4, -0.2) is 37.5 Å². The van der Waals surface area contributed by atoms with Crippen LogP contribution < -0.4 is 10.6 Å². The van der Waals surface area contributed by atoms with E-state index in [0.717, 1.165) is 12.8 Å². The van der Waals surface area contributed by atoms with Gasteiger partial charge in [-0.25, -0.2) is 8.78 Å². The van der Waals surface area contributed by atoms with Gasteiger partial charge in [0.1, 0.15) is 0 Å². The van der Waals surface area contributed by atoms with Gasteiger partial charge in [0, 0.05) is 18.6 Å². The van der Waals surface area contributed by atoms with Gasteiger partial charge in [-0.1, -0.05) is 0 Å². The SMILES string of the molecule is CC(CNC1CC1)NCC(F)(F)C(F)F. The molecule has 1 aliphatic carbocycles. The maximum absolute atomic E-state index is 12.5. The summed E-state index contributed by atoms with van der Waals surface area (Å²) in [6.45, 7) is 1.25. The van der Waals surface area contributed by atoms with E-state index in [9.17, 15) is 17.6 Å². The molecule has 0 radical (unpaired) electrons. The number of hydrogen-bond donors (Lipinski definition) is 2. The summed E-state index contributed by atoms with van der Waals surface area (Å²) in [5, 5.41) is 5.52. The quantitative estimate of drug-likeness (QED) is 0.647. The summed E-state index contributed by atoms with van der Waals surface area (Å²) in [4.78, 5) is 0. The normalized spacial score (nSPS) is 19.6. The molecule has 1 aliphatic rings. The van der Waals surface area contributed by atoms with Crippen LogP contribution in [0.1, 0.15) is 19.8 Å². The van der Waals surface area contributed by atoms with Gasteiger partial charge in [0.15, 0.2) is 0 Å². The van der Waals surface area contributed by atoms with Crippen molar-refractivity contribution in [3.63, 3.8) is 0 Å². The minimum Gasteiger partial charge on any atom is -0.312 e. The summed E-state index contributed by atoms with van der Waals surface area (Å²) < 4.78 is 48.5. The van der Waals surface area contributed by atoms with Crippen LogP contribution in [0.15, 0.2) is 0 Å². The zero-order valence-electron chi connectivity index (χ0n) is 8.57. The molecule has 1 fully saturated rings. The highest BCUT2D eigenvalue weighted by Gasteiger charge is 2.40. The highest BCUT2D eigenvalue weighted by atomic mass is 19.3. The number of hydrogen-bond acceptors (Lipinski definition) is 2. The van der Waals surface area contributed by atoms with Crippen LogP contribution in [0.4, 0.5) is 17.6 Å². The Kier molecular flexibility index (Phi) is 4.33. The van der Waals surface area contributed by atoms with Crippen LogP contribution in [0, 0.1) is 0 Å². The smallest absolute Gasteiger partial charge is 0.312 e. The second kappa shape index (κ2) is 5.12. The summed E-state index contributed by atoms with van der Waals surface area (Å²) in [6, 6.07) is 0.264. The zero-order valence-corrected chi connectivity index (χ0v) is 8.57. The molecule has 0 aromatic rings. The van der Waals surface area contributed by atoms with Crippen molar-refractivity contribution in [3.05, 3.63) is 0 Å². The van der Waals surface area contributed by atoms with E-state index < -0.39 is 18.9 Å². The third kappa shape index (κ3) is 4.79. The monoisotopic (exact) mass is 228 g/mol. The molecule has 0 bridgehead atoms. The van der Waals surface area contributed by atoms with Crippen molar-refractivity contribution in [2.75, 3.05) is 13.1 Å². The molecule has 0 aliphatic heterocycles. The topological polar surface area (TPSA) is 24.1 Å². The Bertz CT molecular complexity index is 195. The number of rotatable bonds is 7. The minimum absolute atomic E-state index is 0.227. The van der Waals surface area contributed by atoms with Gasteiger partial charge in [-0.2, -0.15) is 8.78 Å². The van der Waals surface area contributed by atoms with Crippen molar-refractivity contribution in [1.82, 2.24) is 10.6 Å². The molecule has 6 heteroatoms. The molecule has 0 amide bonds. The maximum Gasteiger partial charge on any atom is 0.319 e. The molecular weight excluding hydrogens is 212 g/mol. The summed E-state index contributed by atoms with van der Waals surface area (Å²) >= 11 is 0. The van der Waals surface area contributed by atoms with Gasteiger partial charge in [-0.3, -0.25) is 0 Å². The van der Waals surface area contributed by atoms with Crippen molar-refractivity contribution < 1.29 is 17.6 Å². The lowest BCUT2D eigenvalue weighted by Crippen LogP contribution is -2.45. The van der Waals surface area contributed by atoms with Crippen LogP contribution in [0.5, 0.6) is 0 Å². The van der Waals surface area contributed by atoms with Gasteiger partial charge in [-0.15, -0.1) is 0 Å². The molecule has 0 aromatic heterocycles. The largest absolute Gasteiger partial charge is 0.319 e. The predicted molar refractivity (Wildman–Crippen MR) is 49.4 cm³/mol. The number of alkyl halides is 4. The molecule has 15 heavy (non-hydrogen) atoms. The van der Waals surface area contributed by atoms with Gasteiger partial charge in [0.2, 0.25) is 0 Å². The molecule has 2 N–H and O–H groups in total. The van der Waals surface area contributed by atoms with E-state index in [0.29, 0.717) is 12.6 Å². The molecule has 0 spiro atoms. The summed E-state index contributed by atoms with van der Waals surface area (Å²) in [5.41, 5.74) is 0. The minimum atomic E-state index is -3.94. The van der Waals surface area contributed by atoms with E-state index in [1.54, 1.807) is 6.92 Å². The maximum atomic E-state index is 12.5. The summed E-state index contributed by atoms with van der Waals surface area (Å²) in [7, 11) is 0. The second-order valence-electron chi connectivity index (χ2n) is 4.03. The fraction of sp³-hybridized carbons (Fsp3) is 1.00. The van der Waals surface area contributed by atoms with E-state index >= 15 is 0 Å². The predicted octanol–water partition coefficient (Wildman–Crippen LogP) is 1.62. The van der Waals surface area contributed by atoms with Gasteiger partial charge in [0.05, 0.1) is 6.54 Å². The molecule has 0 heterocycles. The van der Waals surface area contributed by atoms with E-state index in [2.05, 4.69) is 10.6 Å². The van der Waals surface area contributed by atoms with Gasteiger partial charge >= 0.3 is 12.3 Å². The van der Waals surface area contributed by atoms with Gasteiger partial charge < -0.3 is 10.6 Å². The van der Waals surface area contributed by atoms with Crippen LogP contribution in [0.25, 0.3) is 0 Å². The Morgan fingerprint density at radius 3 is 2.40 bits per heavy atom. The number of nitrogens with one attached hydrogen (secondary N) is 2. The molecule has 0 aromatic carbocycles. The third-order valence-electron chi connectivity index (χ3n) is 2.30. The molecule has 1 unspecified atom stereocenters. The average Bonchev–Trinajstić information content (AvgIpc) is 2.94. The summed E-state index contributed by atoms with van der Waals surface area (Å²) in [5.74, 6) is -3.94. The Labute approximate surface area is 86.4 Å². The van der Waals surface area contributed by atoms with E-state index in [1.807, 2.05) is 0 Å². The first kappa shape index (κ1) is 12.7. The lowest BCUT2D eigenvalue weighted by atomic mass is 10.3. The van der Waals surface area contributed by atoms with E-state index in [4.69, 9.17) is 0 Å². The molecular formula is C9H16F4N2.